The first-order chi connectivity index (χ1) is 14.0. The van der Waals surface area contributed by atoms with Gasteiger partial charge in [-0.3, -0.25) is 4.79 Å². The number of amides is 1. The van der Waals surface area contributed by atoms with Crippen molar-refractivity contribution in [3.63, 3.8) is 0 Å². The fourth-order valence-corrected chi connectivity index (χ4v) is 5.12. The number of hydrogen-bond donors (Lipinski definition) is 0. The molecule has 0 radical (unpaired) electrons. The van der Waals surface area contributed by atoms with Gasteiger partial charge in [0.05, 0.1) is 11.7 Å². The van der Waals surface area contributed by atoms with Gasteiger partial charge in [-0.15, -0.1) is 5.10 Å². The summed E-state index contributed by atoms with van der Waals surface area (Å²) in [4.78, 5) is 16.5. The van der Waals surface area contributed by atoms with Crippen LogP contribution in [-0.4, -0.2) is 40.6 Å². The minimum Gasteiger partial charge on any atom is -0.354 e. The Morgan fingerprint density at radius 2 is 1.83 bits per heavy atom. The zero-order chi connectivity index (χ0) is 20.1. The van der Waals surface area contributed by atoms with Crippen molar-refractivity contribution in [2.75, 3.05) is 24.5 Å². The van der Waals surface area contributed by atoms with E-state index in [2.05, 4.69) is 27.2 Å². The van der Waals surface area contributed by atoms with Crippen LogP contribution < -0.4 is 4.90 Å². The highest BCUT2D eigenvalue weighted by molar-refractivity contribution is 5.93. The summed E-state index contributed by atoms with van der Waals surface area (Å²) in [5.41, 5.74) is 1.79. The molecule has 2 saturated heterocycles. The maximum atomic E-state index is 13.9. The molecule has 1 aromatic heterocycles. The zero-order valence-corrected chi connectivity index (χ0v) is 16.5. The monoisotopic (exact) mass is 390 g/mol. The van der Waals surface area contributed by atoms with Crippen molar-refractivity contribution in [1.29, 1.82) is 0 Å². The minimum atomic E-state index is -0.264. The molecule has 5 nitrogen and oxygen atoms in total. The smallest absolute Gasteiger partial charge is 0.219 e. The molecule has 148 valence electrons. The molecule has 2 aliphatic heterocycles. The van der Waals surface area contributed by atoms with E-state index in [4.69, 9.17) is 0 Å². The molecule has 0 N–H and O–H groups in total. The predicted octanol–water partition coefficient (Wildman–Crippen LogP) is 3.73. The molecule has 0 aliphatic carbocycles. The standard InChI is InChI=1S/C23H23FN4O/c1-14-19-8-3-4-9-20(19)23(26-25-14)27-11-17-12-28(15(2)29)22(21(17)13-27)16-6-5-7-18(24)10-16/h3-10,17,21-22H,11-13H2,1-2H3/t17-,21-,22+/m1/s1. The largest absolute Gasteiger partial charge is 0.354 e. The number of halogens is 1. The van der Waals surface area contributed by atoms with Crippen LogP contribution in [0.2, 0.25) is 0 Å². The lowest BCUT2D eigenvalue weighted by molar-refractivity contribution is -0.130. The van der Waals surface area contributed by atoms with E-state index >= 15 is 0 Å². The van der Waals surface area contributed by atoms with Crippen LogP contribution in [0.25, 0.3) is 10.8 Å². The molecule has 6 heteroatoms. The molecule has 29 heavy (non-hydrogen) atoms. The van der Waals surface area contributed by atoms with Gasteiger partial charge in [-0.1, -0.05) is 36.4 Å². The summed E-state index contributed by atoms with van der Waals surface area (Å²) in [5, 5.41) is 11.1. The first-order valence-electron chi connectivity index (χ1n) is 10.0. The number of carbonyl (C=O) groups excluding carboxylic acids is 1. The van der Waals surface area contributed by atoms with Crippen molar-refractivity contribution < 1.29 is 9.18 Å². The second-order valence-corrected chi connectivity index (χ2v) is 8.15. The molecular formula is C23H23FN4O. The van der Waals surface area contributed by atoms with E-state index in [1.54, 1.807) is 19.1 Å². The van der Waals surface area contributed by atoms with Crippen molar-refractivity contribution in [2.45, 2.75) is 19.9 Å². The fourth-order valence-electron chi connectivity index (χ4n) is 5.12. The van der Waals surface area contributed by atoms with Crippen molar-refractivity contribution in [2.24, 2.45) is 11.8 Å². The molecule has 1 amide bonds. The average Bonchev–Trinajstić information content (AvgIpc) is 3.26. The Hall–Kier alpha value is -3.02. The van der Waals surface area contributed by atoms with Crippen LogP contribution in [0.5, 0.6) is 0 Å². The molecule has 2 aliphatic rings. The highest BCUT2D eigenvalue weighted by atomic mass is 19.1. The number of aromatic nitrogens is 2. The van der Waals surface area contributed by atoms with Crippen LogP contribution in [0.4, 0.5) is 10.2 Å². The van der Waals surface area contributed by atoms with E-state index in [0.717, 1.165) is 40.9 Å². The van der Waals surface area contributed by atoms with Gasteiger partial charge in [0, 0.05) is 49.2 Å². The summed E-state index contributed by atoms with van der Waals surface area (Å²) < 4.78 is 13.9. The van der Waals surface area contributed by atoms with E-state index in [1.807, 2.05) is 30.0 Å². The minimum absolute atomic E-state index is 0.0424. The summed E-state index contributed by atoms with van der Waals surface area (Å²) in [6.45, 7) is 5.86. The van der Waals surface area contributed by atoms with Crippen LogP contribution in [0, 0.1) is 24.6 Å². The molecular weight excluding hydrogens is 367 g/mol. The molecule has 0 spiro atoms. The van der Waals surface area contributed by atoms with Crippen LogP contribution >= 0.6 is 0 Å². The Kier molecular flexibility index (Phi) is 4.23. The second-order valence-electron chi connectivity index (χ2n) is 8.15. The van der Waals surface area contributed by atoms with Crippen LogP contribution in [-0.2, 0) is 4.79 Å². The van der Waals surface area contributed by atoms with Gasteiger partial charge in [-0.25, -0.2) is 4.39 Å². The number of anilines is 1. The Bertz CT molecular complexity index is 1100. The van der Waals surface area contributed by atoms with Gasteiger partial charge in [-0.05, 0) is 24.6 Å². The summed E-state index contributed by atoms with van der Waals surface area (Å²) in [6, 6.07) is 14.8. The molecule has 2 fully saturated rings. The van der Waals surface area contributed by atoms with Gasteiger partial charge in [-0.2, -0.15) is 5.10 Å². The third kappa shape index (κ3) is 2.94. The lowest BCUT2D eigenvalue weighted by atomic mass is 9.89. The Morgan fingerprint density at radius 3 is 2.59 bits per heavy atom. The van der Waals surface area contributed by atoms with E-state index in [9.17, 15) is 9.18 Å². The van der Waals surface area contributed by atoms with E-state index in [-0.39, 0.29) is 23.7 Å². The quantitative estimate of drug-likeness (QED) is 0.669. The molecule has 5 rings (SSSR count). The molecule has 2 aromatic carbocycles. The third-order valence-corrected chi connectivity index (χ3v) is 6.41. The van der Waals surface area contributed by atoms with Gasteiger partial charge in [0.1, 0.15) is 5.82 Å². The number of fused-ring (bicyclic) bond motifs is 2. The fraction of sp³-hybridized carbons (Fsp3) is 0.348. The van der Waals surface area contributed by atoms with Gasteiger partial charge in [0.25, 0.3) is 0 Å². The lowest BCUT2D eigenvalue weighted by Gasteiger charge is -2.29. The topological polar surface area (TPSA) is 49.3 Å². The number of nitrogens with zero attached hydrogens (tertiary/aromatic N) is 4. The molecule has 3 atom stereocenters. The lowest BCUT2D eigenvalue weighted by Crippen LogP contribution is -2.34. The number of benzene rings is 2. The van der Waals surface area contributed by atoms with Gasteiger partial charge in [0.2, 0.25) is 5.91 Å². The number of rotatable bonds is 2. The maximum Gasteiger partial charge on any atom is 0.219 e. The maximum absolute atomic E-state index is 13.9. The highest BCUT2D eigenvalue weighted by Crippen LogP contribution is 2.46. The third-order valence-electron chi connectivity index (χ3n) is 6.41. The van der Waals surface area contributed by atoms with Gasteiger partial charge in [0.15, 0.2) is 5.82 Å². The SMILES string of the molecule is CC(=O)N1C[C@H]2CN(c3nnc(C)c4ccccc34)C[C@H]2[C@@H]1c1cccc(F)c1. The average molecular weight is 390 g/mol. The number of likely N-dealkylation sites (tertiary alicyclic amines) is 1. The van der Waals surface area contributed by atoms with Crippen molar-refractivity contribution in [1.82, 2.24) is 15.1 Å². The van der Waals surface area contributed by atoms with Crippen molar-refractivity contribution >= 4 is 22.5 Å². The Labute approximate surface area is 169 Å². The normalized spacial score (nSPS) is 23.6. The number of hydrogen-bond acceptors (Lipinski definition) is 4. The summed E-state index contributed by atoms with van der Waals surface area (Å²) >= 11 is 0. The van der Waals surface area contributed by atoms with E-state index in [0.29, 0.717) is 12.5 Å². The van der Waals surface area contributed by atoms with Crippen LogP contribution in [0.1, 0.15) is 24.2 Å². The predicted molar refractivity (Wildman–Crippen MR) is 110 cm³/mol. The van der Waals surface area contributed by atoms with Crippen molar-refractivity contribution in [3.05, 3.63) is 65.6 Å². The Balaban J connectivity index is 1.51. The van der Waals surface area contributed by atoms with Crippen LogP contribution in [0.15, 0.2) is 48.5 Å². The summed E-state index contributed by atoms with van der Waals surface area (Å²) in [7, 11) is 0. The van der Waals surface area contributed by atoms with Gasteiger partial charge >= 0.3 is 0 Å². The van der Waals surface area contributed by atoms with Crippen molar-refractivity contribution in [3.8, 4) is 0 Å². The molecule has 0 bridgehead atoms. The van der Waals surface area contributed by atoms with Gasteiger partial charge < -0.3 is 9.80 Å². The van der Waals surface area contributed by atoms with E-state index in [1.165, 1.54) is 6.07 Å². The van der Waals surface area contributed by atoms with Crippen LogP contribution in [0.3, 0.4) is 0 Å². The first-order valence-corrected chi connectivity index (χ1v) is 10.0. The van der Waals surface area contributed by atoms with E-state index < -0.39 is 0 Å². The number of aryl methyl sites for hydroxylation is 1. The first kappa shape index (κ1) is 18.0. The molecule has 0 unspecified atom stereocenters. The summed E-state index contributed by atoms with van der Waals surface area (Å²) in [6.07, 6.45) is 0. The molecule has 0 saturated carbocycles. The summed E-state index contributed by atoms with van der Waals surface area (Å²) in [5.74, 6) is 1.24. The second kappa shape index (κ2) is 6.79. The Morgan fingerprint density at radius 1 is 1.03 bits per heavy atom. The molecule has 3 heterocycles. The zero-order valence-electron chi connectivity index (χ0n) is 16.5. The number of carbonyl (C=O) groups is 1. The molecule has 3 aromatic rings. The highest BCUT2D eigenvalue weighted by Gasteiger charge is 2.49.